The number of hydrogen-bond donors (Lipinski definition) is 3. The summed E-state index contributed by atoms with van der Waals surface area (Å²) in [6.07, 6.45) is 0. The second-order valence-corrected chi connectivity index (χ2v) is 5.74. The summed E-state index contributed by atoms with van der Waals surface area (Å²) in [4.78, 5) is 22.7. The van der Waals surface area contributed by atoms with Crippen LogP contribution in [0.3, 0.4) is 0 Å². The van der Waals surface area contributed by atoms with Gasteiger partial charge in [-0.25, -0.2) is 9.59 Å². The SMILES string of the molecule is CC(C)(C)NC(=O)Nc1cc(Br)ccc1C(=O)O. The van der Waals surface area contributed by atoms with E-state index < -0.39 is 12.0 Å². The Morgan fingerprint density at radius 3 is 2.39 bits per heavy atom. The Morgan fingerprint density at radius 1 is 1.28 bits per heavy atom. The summed E-state index contributed by atoms with van der Waals surface area (Å²) in [5.41, 5.74) is -0.0969. The molecular weight excluding hydrogens is 300 g/mol. The number of aromatic carboxylic acids is 1. The van der Waals surface area contributed by atoms with Gasteiger partial charge in [-0.05, 0) is 39.0 Å². The van der Waals surface area contributed by atoms with Gasteiger partial charge in [0.2, 0.25) is 0 Å². The first kappa shape index (κ1) is 14.5. The van der Waals surface area contributed by atoms with E-state index in [0.29, 0.717) is 4.47 Å². The zero-order chi connectivity index (χ0) is 13.9. The van der Waals surface area contributed by atoms with Crippen LogP contribution in [0.1, 0.15) is 31.1 Å². The van der Waals surface area contributed by atoms with E-state index in [0.717, 1.165) is 0 Å². The number of carboxylic acid groups (broad SMARTS) is 1. The fourth-order valence-corrected chi connectivity index (χ4v) is 1.66. The van der Waals surface area contributed by atoms with Crippen LogP contribution in [0.5, 0.6) is 0 Å². The molecule has 0 aliphatic heterocycles. The maximum absolute atomic E-state index is 11.7. The highest BCUT2D eigenvalue weighted by Gasteiger charge is 2.16. The van der Waals surface area contributed by atoms with Gasteiger partial charge in [0.05, 0.1) is 11.3 Å². The molecule has 0 aromatic heterocycles. The number of rotatable bonds is 2. The fraction of sp³-hybridized carbons (Fsp3) is 0.333. The third-order valence-corrected chi connectivity index (χ3v) is 2.44. The molecular formula is C12H15BrN2O3. The lowest BCUT2D eigenvalue weighted by molar-refractivity contribution is 0.0698. The number of urea groups is 1. The van der Waals surface area contributed by atoms with Crippen molar-refractivity contribution in [3.63, 3.8) is 0 Å². The minimum atomic E-state index is -1.09. The van der Waals surface area contributed by atoms with Crippen LogP contribution in [0.25, 0.3) is 0 Å². The molecule has 0 fully saturated rings. The predicted molar refractivity (Wildman–Crippen MR) is 73.0 cm³/mol. The summed E-state index contributed by atoms with van der Waals surface area (Å²) in [6, 6.07) is 4.14. The molecule has 98 valence electrons. The van der Waals surface area contributed by atoms with Crippen molar-refractivity contribution in [1.29, 1.82) is 0 Å². The van der Waals surface area contributed by atoms with Crippen molar-refractivity contribution in [3.8, 4) is 0 Å². The largest absolute Gasteiger partial charge is 0.478 e. The number of carboxylic acids is 1. The first-order chi connectivity index (χ1) is 8.19. The highest BCUT2D eigenvalue weighted by molar-refractivity contribution is 9.10. The van der Waals surface area contributed by atoms with Gasteiger partial charge in [-0.3, -0.25) is 0 Å². The number of nitrogens with one attached hydrogen (secondary N) is 2. The van der Waals surface area contributed by atoms with E-state index >= 15 is 0 Å². The molecule has 0 aliphatic carbocycles. The van der Waals surface area contributed by atoms with E-state index in [4.69, 9.17) is 5.11 Å². The lowest BCUT2D eigenvalue weighted by atomic mass is 10.1. The number of anilines is 1. The second kappa shape index (κ2) is 5.39. The first-order valence-electron chi connectivity index (χ1n) is 5.31. The molecule has 0 radical (unpaired) electrons. The molecule has 0 bridgehead atoms. The summed E-state index contributed by atoms with van der Waals surface area (Å²) in [5.74, 6) is -1.09. The Morgan fingerprint density at radius 2 is 1.89 bits per heavy atom. The minimum absolute atomic E-state index is 0.0438. The number of benzene rings is 1. The molecule has 0 heterocycles. The number of carbonyl (C=O) groups excluding carboxylic acids is 1. The topological polar surface area (TPSA) is 78.4 Å². The molecule has 1 rings (SSSR count). The average Bonchev–Trinajstić information content (AvgIpc) is 2.13. The van der Waals surface area contributed by atoms with Gasteiger partial charge in [0.1, 0.15) is 0 Å². The zero-order valence-corrected chi connectivity index (χ0v) is 12.0. The van der Waals surface area contributed by atoms with Gasteiger partial charge in [0.25, 0.3) is 0 Å². The molecule has 0 spiro atoms. The van der Waals surface area contributed by atoms with Crippen molar-refractivity contribution < 1.29 is 14.7 Å². The van der Waals surface area contributed by atoms with Crippen molar-refractivity contribution in [2.75, 3.05) is 5.32 Å². The quantitative estimate of drug-likeness (QED) is 0.785. The third-order valence-electron chi connectivity index (χ3n) is 1.95. The van der Waals surface area contributed by atoms with Gasteiger partial charge in [-0.2, -0.15) is 0 Å². The van der Waals surface area contributed by atoms with Crippen molar-refractivity contribution in [3.05, 3.63) is 28.2 Å². The molecule has 0 saturated heterocycles. The van der Waals surface area contributed by atoms with Crippen LogP contribution in [-0.2, 0) is 0 Å². The van der Waals surface area contributed by atoms with Crippen LogP contribution in [0.2, 0.25) is 0 Å². The lowest BCUT2D eigenvalue weighted by Crippen LogP contribution is -2.43. The van der Waals surface area contributed by atoms with E-state index in [1.807, 2.05) is 20.8 Å². The standard InChI is InChI=1S/C12H15BrN2O3/c1-12(2,3)15-11(18)14-9-6-7(13)4-5-8(9)10(16)17/h4-6H,1-3H3,(H,16,17)(H2,14,15,18). The van der Waals surface area contributed by atoms with Crippen LogP contribution in [0, 0.1) is 0 Å². The molecule has 0 saturated carbocycles. The van der Waals surface area contributed by atoms with E-state index in [-0.39, 0.29) is 16.8 Å². The van der Waals surface area contributed by atoms with Crippen LogP contribution in [0.4, 0.5) is 10.5 Å². The highest BCUT2D eigenvalue weighted by Crippen LogP contribution is 2.21. The van der Waals surface area contributed by atoms with Gasteiger partial charge in [0.15, 0.2) is 0 Å². The zero-order valence-electron chi connectivity index (χ0n) is 10.4. The van der Waals surface area contributed by atoms with E-state index in [1.54, 1.807) is 12.1 Å². The molecule has 18 heavy (non-hydrogen) atoms. The number of carbonyl (C=O) groups is 2. The van der Waals surface area contributed by atoms with Gasteiger partial charge in [-0.15, -0.1) is 0 Å². The molecule has 6 heteroatoms. The Balaban J connectivity index is 2.93. The lowest BCUT2D eigenvalue weighted by Gasteiger charge is -2.21. The van der Waals surface area contributed by atoms with Crippen LogP contribution < -0.4 is 10.6 Å². The molecule has 0 atom stereocenters. The number of hydrogen-bond acceptors (Lipinski definition) is 2. The normalized spacial score (nSPS) is 10.9. The highest BCUT2D eigenvalue weighted by atomic mass is 79.9. The third kappa shape index (κ3) is 4.37. The summed E-state index contributed by atoms with van der Waals surface area (Å²) in [5, 5.41) is 14.2. The van der Waals surface area contributed by atoms with Gasteiger partial charge < -0.3 is 15.7 Å². The van der Waals surface area contributed by atoms with E-state index in [1.165, 1.54) is 6.07 Å². The summed E-state index contributed by atoms with van der Waals surface area (Å²) >= 11 is 3.23. The predicted octanol–water partition coefficient (Wildman–Crippen LogP) is 3.07. The van der Waals surface area contributed by atoms with Gasteiger partial charge >= 0.3 is 12.0 Å². The number of amides is 2. The van der Waals surface area contributed by atoms with Gasteiger partial charge in [0, 0.05) is 10.0 Å². The fourth-order valence-electron chi connectivity index (χ4n) is 1.30. The van der Waals surface area contributed by atoms with E-state index in [9.17, 15) is 9.59 Å². The molecule has 0 unspecified atom stereocenters. The Bertz CT molecular complexity index is 481. The van der Waals surface area contributed by atoms with Crippen LogP contribution in [0.15, 0.2) is 22.7 Å². The molecule has 1 aromatic carbocycles. The first-order valence-corrected chi connectivity index (χ1v) is 6.10. The maximum atomic E-state index is 11.7. The van der Waals surface area contributed by atoms with Crippen molar-refractivity contribution in [1.82, 2.24) is 5.32 Å². The maximum Gasteiger partial charge on any atom is 0.337 e. The van der Waals surface area contributed by atoms with Crippen LogP contribution >= 0.6 is 15.9 Å². The van der Waals surface area contributed by atoms with Crippen LogP contribution in [-0.4, -0.2) is 22.6 Å². The molecule has 2 amide bonds. The summed E-state index contributed by atoms with van der Waals surface area (Å²) in [6.45, 7) is 5.52. The summed E-state index contributed by atoms with van der Waals surface area (Å²) < 4.78 is 0.693. The van der Waals surface area contributed by atoms with Crippen molar-refractivity contribution >= 4 is 33.6 Å². The smallest absolute Gasteiger partial charge is 0.337 e. The summed E-state index contributed by atoms with van der Waals surface area (Å²) in [7, 11) is 0. The molecule has 5 nitrogen and oxygen atoms in total. The Kier molecular flexibility index (Phi) is 4.34. The molecule has 0 aliphatic rings. The second-order valence-electron chi connectivity index (χ2n) is 4.82. The molecule has 1 aromatic rings. The van der Waals surface area contributed by atoms with Crippen molar-refractivity contribution in [2.45, 2.75) is 26.3 Å². The van der Waals surface area contributed by atoms with E-state index in [2.05, 4.69) is 26.6 Å². The Hall–Kier alpha value is -1.56. The monoisotopic (exact) mass is 314 g/mol. The van der Waals surface area contributed by atoms with Crippen molar-refractivity contribution in [2.24, 2.45) is 0 Å². The number of halogens is 1. The molecule has 3 N–H and O–H groups in total. The Labute approximate surface area is 114 Å². The average molecular weight is 315 g/mol. The minimum Gasteiger partial charge on any atom is -0.478 e. The van der Waals surface area contributed by atoms with Gasteiger partial charge in [-0.1, -0.05) is 15.9 Å².